The third-order valence-corrected chi connectivity index (χ3v) is 4.45. The largest absolute Gasteiger partial charge is 0.508 e. The second-order valence-electron chi connectivity index (χ2n) is 7.06. The van der Waals surface area contributed by atoms with E-state index in [1.807, 2.05) is 0 Å². The number of carbonyl (C=O) groups is 2. The predicted molar refractivity (Wildman–Crippen MR) is 127 cm³/mol. The monoisotopic (exact) mass is 454 g/mol. The van der Waals surface area contributed by atoms with Crippen molar-refractivity contribution in [1.29, 1.82) is 0 Å². The van der Waals surface area contributed by atoms with Gasteiger partial charge in [0.1, 0.15) is 11.5 Å². The lowest BCUT2D eigenvalue weighted by molar-refractivity contribution is 0.0516. The van der Waals surface area contributed by atoms with Crippen molar-refractivity contribution in [3.63, 3.8) is 0 Å². The van der Waals surface area contributed by atoms with Gasteiger partial charge in [0.2, 0.25) is 0 Å². The summed E-state index contributed by atoms with van der Waals surface area (Å²) in [4.78, 5) is 23.8. The summed E-state index contributed by atoms with van der Waals surface area (Å²) in [5.41, 5.74) is 2.85. The third-order valence-electron chi connectivity index (χ3n) is 4.45. The van der Waals surface area contributed by atoms with Crippen LogP contribution in [0.1, 0.15) is 56.8 Å². The van der Waals surface area contributed by atoms with E-state index < -0.39 is 11.9 Å². The molecule has 2 N–H and O–H groups in total. The van der Waals surface area contributed by atoms with Crippen molar-refractivity contribution in [2.24, 2.45) is 0 Å². The molecule has 0 saturated heterocycles. The number of aromatic hydroxyl groups is 2. The number of phenolic OH excluding ortho intramolecular Hbond substituents is 2. The molecule has 0 aromatic heterocycles. The Kier molecular flexibility index (Phi) is 7.94. The molecule has 3 aromatic carbocycles. The van der Waals surface area contributed by atoms with Crippen LogP contribution in [0.5, 0.6) is 11.5 Å². The van der Waals surface area contributed by atoms with Crippen molar-refractivity contribution < 1.29 is 29.3 Å². The molecule has 0 aliphatic rings. The number of phenols is 2. The zero-order chi connectivity index (χ0) is 24.5. The second-order valence-corrected chi connectivity index (χ2v) is 7.06. The summed E-state index contributed by atoms with van der Waals surface area (Å²) in [6.07, 6.45) is 0. The fourth-order valence-electron chi connectivity index (χ4n) is 2.96. The van der Waals surface area contributed by atoms with Crippen molar-refractivity contribution in [3.8, 4) is 35.2 Å². The Labute approximate surface area is 197 Å². The second kappa shape index (κ2) is 11.3. The molecule has 0 heterocycles. The zero-order valence-corrected chi connectivity index (χ0v) is 18.7. The average Bonchev–Trinajstić information content (AvgIpc) is 2.82. The summed E-state index contributed by atoms with van der Waals surface area (Å²) in [6.45, 7) is 3.89. The molecule has 0 spiro atoms. The topological polar surface area (TPSA) is 93.1 Å². The number of benzene rings is 3. The van der Waals surface area contributed by atoms with E-state index in [0.29, 0.717) is 22.3 Å². The maximum Gasteiger partial charge on any atom is 0.338 e. The van der Waals surface area contributed by atoms with Gasteiger partial charge in [0.15, 0.2) is 0 Å². The van der Waals surface area contributed by atoms with Gasteiger partial charge in [-0.25, -0.2) is 9.59 Å². The number of esters is 2. The predicted octanol–water partition coefficient (Wildman–Crippen LogP) is 4.25. The molecule has 0 unspecified atom stereocenters. The Morgan fingerprint density at radius 1 is 0.618 bits per heavy atom. The average molecular weight is 454 g/mol. The summed E-state index contributed by atoms with van der Waals surface area (Å²) in [5, 5.41) is 19.7. The van der Waals surface area contributed by atoms with Gasteiger partial charge in [-0.1, -0.05) is 23.7 Å². The van der Waals surface area contributed by atoms with Gasteiger partial charge in [-0.3, -0.25) is 0 Å². The first-order valence-electron chi connectivity index (χ1n) is 10.5. The Bertz CT molecular complexity index is 1230. The minimum absolute atomic E-state index is 0.0708. The van der Waals surface area contributed by atoms with E-state index in [0.717, 1.165) is 0 Å². The van der Waals surface area contributed by atoms with Gasteiger partial charge in [0, 0.05) is 22.3 Å². The minimum Gasteiger partial charge on any atom is -0.508 e. The first-order chi connectivity index (χ1) is 16.4. The summed E-state index contributed by atoms with van der Waals surface area (Å²) in [5.74, 6) is 10.6. The van der Waals surface area contributed by atoms with Crippen LogP contribution >= 0.6 is 0 Å². The van der Waals surface area contributed by atoms with Crippen molar-refractivity contribution in [3.05, 3.63) is 94.0 Å². The molecular weight excluding hydrogens is 432 g/mol. The quantitative estimate of drug-likeness (QED) is 0.452. The molecule has 170 valence electrons. The maximum atomic E-state index is 11.9. The van der Waals surface area contributed by atoms with Gasteiger partial charge < -0.3 is 19.7 Å². The Hall–Kier alpha value is -4.68. The standard InChI is InChI=1S/C28H22O6/c1-3-33-27(31)23-13-21(15-25(29)17-23)11-9-19-5-7-20(8-6-19)10-12-22-14-24(18-26(30)16-22)28(32)34-4-2/h5-8,13-18,29-30H,3-4H2,1-2H3. The minimum atomic E-state index is -0.523. The molecule has 0 bridgehead atoms. The molecule has 0 saturated carbocycles. The molecule has 0 aliphatic carbocycles. The highest BCUT2D eigenvalue weighted by Gasteiger charge is 2.09. The fraction of sp³-hybridized carbons (Fsp3) is 0.143. The molecule has 3 aromatic rings. The molecule has 0 atom stereocenters. The normalized spacial score (nSPS) is 9.71. The molecular formula is C28H22O6. The van der Waals surface area contributed by atoms with E-state index in [1.54, 1.807) is 50.2 Å². The highest BCUT2D eigenvalue weighted by Crippen LogP contribution is 2.17. The van der Waals surface area contributed by atoms with Crippen LogP contribution in [-0.2, 0) is 9.47 Å². The van der Waals surface area contributed by atoms with Crippen LogP contribution in [0.3, 0.4) is 0 Å². The summed E-state index contributed by atoms with van der Waals surface area (Å²) in [7, 11) is 0. The molecule has 0 aliphatic heterocycles. The molecule has 6 heteroatoms. The molecule has 0 radical (unpaired) electrons. The van der Waals surface area contributed by atoms with Crippen LogP contribution in [-0.4, -0.2) is 35.4 Å². The highest BCUT2D eigenvalue weighted by atomic mass is 16.5. The van der Waals surface area contributed by atoms with E-state index in [-0.39, 0.29) is 35.8 Å². The van der Waals surface area contributed by atoms with Crippen LogP contribution in [0, 0.1) is 23.7 Å². The first kappa shape index (κ1) is 24.0. The van der Waals surface area contributed by atoms with Gasteiger partial charge in [0.25, 0.3) is 0 Å². The van der Waals surface area contributed by atoms with Gasteiger partial charge in [0.05, 0.1) is 24.3 Å². The lowest BCUT2D eigenvalue weighted by Gasteiger charge is -2.03. The van der Waals surface area contributed by atoms with Gasteiger partial charge in [-0.05, 0) is 74.5 Å². The summed E-state index contributed by atoms with van der Waals surface area (Å²) >= 11 is 0. The van der Waals surface area contributed by atoms with Crippen LogP contribution in [0.2, 0.25) is 0 Å². The van der Waals surface area contributed by atoms with Crippen molar-refractivity contribution in [2.45, 2.75) is 13.8 Å². The molecule has 6 nitrogen and oxygen atoms in total. The summed E-state index contributed by atoms with van der Waals surface area (Å²) in [6, 6.07) is 15.9. The van der Waals surface area contributed by atoms with Crippen LogP contribution < -0.4 is 0 Å². The van der Waals surface area contributed by atoms with Crippen molar-refractivity contribution in [2.75, 3.05) is 13.2 Å². The smallest absolute Gasteiger partial charge is 0.338 e. The zero-order valence-electron chi connectivity index (χ0n) is 18.7. The summed E-state index contributed by atoms with van der Waals surface area (Å²) < 4.78 is 9.91. The first-order valence-corrected chi connectivity index (χ1v) is 10.5. The van der Waals surface area contributed by atoms with Crippen molar-refractivity contribution in [1.82, 2.24) is 0 Å². The SMILES string of the molecule is CCOC(=O)c1cc(O)cc(C#Cc2ccc(C#Cc3cc(O)cc(C(=O)OCC)c3)cc2)c1. The number of ether oxygens (including phenoxy) is 2. The van der Waals surface area contributed by atoms with Gasteiger partial charge in [-0.2, -0.15) is 0 Å². The number of rotatable bonds is 4. The number of carbonyl (C=O) groups excluding carboxylic acids is 2. The fourth-order valence-corrected chi connectivity index (χ4v) is 2.96. The highest BCUT2D eigenvalue weighted by molar-refractivity contribution is 5.91. The van der Waals surface area contributed by atoms with E-state index in [2.05, 4.69) is 23.7 Å². The number of hydrogen-bond acceptors (Lipinski definition) is 6. The van der Waals surface area contributed by atoms with E-state index in [1.165, 1.54) is 24.3 Å². The Morgan fingerprint density at radius 2 is 0.971 bits per heavy atom. The molecule has 0 amide bonds. The maximum absolute atomic E-state index is 11.9. The van der Waals surface area contributed by atoms with E-state index >= 15 is 0 Å². The van der Waals surface area contributed by atoms with Crippen LogP contribution in [0.4, 0.5) is 0 Å². The van der Waals surface area contributed by atoms with Crippen LogP contribution in [0.15, 0.2) is 60.7 Å². The van der Waals surface area contributed by atoms with Crippen LogP contribution in [0.25, 0.3) is 0 Å². The van der Waals surface area contributed by atoms with Crippen molar-refractivity contribution >= 4 is 11.9 Å². The molecule has 34 heavy (non-hydrogen) atoms. The lowest BCUT2D eigenvalue weighted by Crippen LogP contribution is -2.04. The van der Waals surface area contributed by atoms with E-state index in [4.69, 9.17) is 9.47 Å². The van der Waals surface area contributed by atoms with Gasteiger partial charge in [-0.15, -0.1) is 0 Å². The lowest BCUT2D eigenvalue weighted by atomic mass is 10.1. The number of hydrogen-bond donors (Lipinski definition) is 2. The molecule has 3 rings (SSSR count). The third kappa shape index (κ3) is 6.66. The Balaban J connectivity index is 1.76. The van der Waals surface area contributed by atoms with E-state index in [9.17, 15) is 19.8 Å². The Morgan fingerprint density at radius 3 is 1.32 bits per heavy atom. The molecule has 0 fully saturated rings. The van der Waals surface area contributed by atoms with Gasteiger partial charge >= 0.3 is 11.9 Å².